The topological polar surface area (TPSA) is 43.4 Å². The molecule has 0 radical (unpaired) electrons. The lowest BCUT2D eigenvalue weighted by Crippen LogP contribution is -2.75. The lowest BCUT2D eigenvalue weighted by atomic mass is 9.12. The highest BCUT2D eigenvalue weighted by atomic mass is 32.2. The van der Waals surface area contributed by atoms with Gasteiger partial charge in [-0.25, -0.2) is 0 Å². The summed E-state index contributed by atoms with van der Waals surface area (Å²) < 4.78 is 359. The summed E-state index contributed by atoms with van der Waals surface area (Å²) in [5.74, 6) is 3.94. The Hall–Kier alpha value is -7.90. The van der Waals surface area contributed by atoms with Crippen molar-refractivity contribution in [1.29, 1.82) is 0 Å². The van der Waals surface area contributed by atoms with Crippen molar-refractivity contribution >= 4 is 43.7 Å². The zero-order valence-corrected chi connectivity index (χ0v) is 42.3. The Morgan fingerprint density at radius 2 is 0.631 bits per heavy atom. The summed E-state index contributed by atoms with van der Waals surface area (Å²) in [6, 6.07) is 16.7. The number of Topliss-reactive ketones (excluding diaryl/α,β-unsaturated/α-hetero) is 1. The highest BCUT2D eigenvalue weighted by molar-refractivity contribution is 8.07. The number of carbonyl (C=O) groups excluding carboxylic acids is 1. The molecule has 0 fully saturated rings. The van der Waals surface area contributed by atoms with E-state index in [0.29, 0.717) is 11.3 Å². The quantitative estimate of drug-likeness (QED) is 0.0476. The minimum absolute atomic E-state index is 0.105. The average molecular weight is 1240 g/mol. The minimum Gasteiger partial charge on any atom is -0.457 e. The van der Waals surface area contributed by atoms with Crippen molar-refractivity contribution in [2.45, 2.75) is 49.4 Å². The summed E-state index contributed by atoms with van der Waals surface area (Å²) in [4.78, 5) is 12.5. The number of carbonyl (C=O) groups is 1. The van der Waals surface area contributed by atoms with Gasteiger partial charge in [-0.05, 0) is 78.7 Å². The SMILES string of the molecule is C[S+](=O)(C#Cc1ccccc1)CC(=O)c1ccc(Oc2ccccc2)cc1.FC(F)(F)c1cc([B-](c2cc(C(F)(F)F)cc(C(F)(F)F)c2)(c2cc(C(F)(F)F)cc(C(F)(F)F)c2)c2cc(C(F)(F)F)cc(C(F)(F)F)c2)cc(C(F)(F)F)c1. The van der Waals surface area contributed by atoms with Crippen LogP contribution < -0.4 is 26.6 Å². The number of hydrogen-bond acceptors (Lipinski definition) is 3. The van der Waals surface area contributed by atoms with Crippen LogP contribution >= 0.6 is 0 Å². The Balaban J connectivity index is 0.000000347. The molecule has 7 aromatic rings. The van der Waals surface area contributed by atoms with Crippen molar-refractivity contribution in [3.8, 4) is 22.7 Å². The number of benzene rings is 7. The molecule has 0 N–H and O–H groups in total. The van der Waals surface area contributed by atoms with E-state index in [1.165, 1.54) is 6.26 Å². The normalized spacial score (nSPS) is 13.7. The first-order valence-corrected chi connectivity index (χ1v) is 25.2. The van der Waals surface area contributed by atoms with E-state index < -0.39 is 205 Å². The molecule has 3 nitrogen and oxygen atoms in total. The molecule has 0 aliphatic rings. The smallest absolute Gasteiger partial charge is 0.416 e. The maximum Gasteiger partial charge on any atom is 0.416 e. The van der Waals surface area contributed by atoms with Crippen LogP contribution in [-0.4, -0.2) is 23.9 Å². The molecular formula is C55H31BF24O3S. The van der Waals surface area contributed by atoms with Gasteiger partial charge in [0.15, 0.2) is 20.9 Å². The summed E-state index contributed by atoms with van der Waals surface area (Å²) in [6.45, 7) is 0. The first kappa shape index (κ1) is 65.3. The second kappa shape index (κ2) is 23.3. The van der Waals surface area contributed by atoms with Gasteiger partial charge < -0.3 is 4.74 Å². The highest BCUT2D eigenvalue weighted by Gasteiger charge is 2.47. The zero-order chi connectivity index (χ0) is 63.0. The van der Waals surface area contributed by atoms with Crippen molar-refractivity contribution in [1.82, 2.24) is 0 Å². The van der Waals surface area contributed by atoms with Gasteiger partial charge >= 0.3 is 49.4 Å². The summed E-state index contributed by atoms with van der Waals surface area (Å²) in [5.41, 5.74) is -28.9. The van der Waals surface area contributed by atoms with Gasteiger partial charge in [-0.2, -0.15) is 127 Å². The van der Waals surface area contributed by atoms with Crippen molar-refractivity contribution in [3.63, 3.8) is 0 Å². The molecule has 0 aromatic heterocycles. The summed E-state index contributed by atoms with van der Waals surface area (Å²) in [6.07, 6.45) is -53.3. The number of rotatable bonds is 9. The minimum atomic E-state index is -6.13. The standard InChI is InChI=1S/C32H12BF24.C23H19O3S/c34-25(35,36)13-1-14(26(37,38)39)6-21(5-13)33(22-7-15(27(40,41)42)2-16(8-22)28(43,44)45,23-9-17(29(46,47)48)3-18(10-23)30(49,50)51)24-11-19(31(52,53)54)4-20(12-24)32(55,56)57;1-27(25,17-16-19-8-4-2-5-9-19)18-23(24)20-12-14-22(15-13-20)26-21-10-6-3-7-11-21/h1-12H;2-15H,18H2,1H3/q-1;+1. The van der Waals surface area contributed by atoms with Crippen LogP contribution in [0.4, 0.5) is 105 Å². The fraction of sp³-hybridized carbons (Fsp3) is 0.182. The van der Waals surface area contributed by atoms with E-state index in [2.05, 4.69) is 11.2 Å². The van der Waals surface area contributed by atoms with E-state index >= 15 is 0 Å². The summed E-state index contributed by atoms with van der Waals surface area (Å²) in [5, 5.41) is 2.75. The number of para-hydroxylation sites is 1. The van der Waals surface area contributed by atoms with Crippen LogP contribution in [0, 0.1) is 11.2 Å². The molecule has 84 heavy (non-hydrogen) atoms. The molecule has 29 heteroatoms. The number of alkyl halides is 24. The third-order valence-corrected chi connectivity index (χ3v) is 13.5. The Kier molecular flexibility index (Phi) is 18.1. The first-order valence-electron chi connectivity index (χ1n) is 23.0. The maximum atomic E-state index is 14.2. The monoisotopic (exact) mass is 1240 g/mol. The maximum absolute atomic E-state index is 14.2. The fourth-order valence-corrected chi connectivity index (χ4v) is 9.53. The Bertz CT molecular complexity index is 3180. The van der Waals surface area contributed by atoms with Crippen LogP contribution in [0.25, 0.3) is 0 Å². The second-order valence-corrected chi connectivity index (χ2v) is 20.8. The Morgan fingerprint density at radius 1 is 0.381 bits per heavy atom. The van der Waals surface area contributed by atoms with E-state index in [4.69, 9.17) is 4.74 Å². The molecule has 446 valence electrons. The predicted molar refractivity (Wildman–Crippen MR) is 260 cm³/mol. The van der Waals surface area contributed by atoms with E-state index in [1.807, 2.05) is 60.7 Å². The molecule has 0 heterocycles. The number of hydrogen-bond donors (Lipinski definition) is 0. The number of halogens is 24. The zero-order valence-electron chi connectivity index (χ0n) is 41.5. The predicted octanol–water partition coefficient (Wildman–Crippen LogP) is 16.0. The van der Waals surface area contributed by atoms with Gasteiger partial charge in [0.2, 0.25) is 5.78 Å². The van der Waals surface area contributed by atoms with Gasteiger partial charge in [0.25, 0.3) is 0 Å². The van der Waals surface area contributed by atoms with Crippen molar-refractivity contribution in [2.24, 2.45) is 0 Å². The molecule has 1 unspecified atom stereocenters. The first-order chi connectivity index (χ1) is 38.3. The van der Waals surface area contributed by atoms with Gasteiger partial charge in [-0.1, -0.05) is 89.1 Å². The van der Waals surface area contributed by atoms with Crippen LogP contribution in [-0.2, 0) is 63.6 Å². The molecule has 0 saturated heterocycles. The van der Waals surface area contributed by atoms with E-state index in [0.717, 1.165) is 11.3 Å². The molecule has 1 atom stereocenters. The van der Waals surface area contributed by atoms with Gasteiger partial charge in [-0.3, -0.25) is 4.79 Å². The third kappa shape index (κ3) is 16.0. The molecule has 0 saturated carbocycles. The van der Waals surface area contributed by atoms with Crippen molar-refractivity contribution < 1.29 is 119 Å². The number of ether oxygens (including phenoxy) is 1. The molecule has 0 amide bonds. The summed E-state index contributed by atoms with van der Waals surface area (Å²) in [7, 11) is -2.58. The molecule has 7 aromatic carbocycles. The Labute approximate surface area is 459 Å². The van der Waals surface area contributed by atoms with E-state index in [-0.39, 0.29) is 11.5 Å². The van der Waals surface area contributed by atoms with Crippen LogP contribution in [0.1, 0.15) is 60.4 Å². The second-order valence-electron chi connectivity index (χ2n) is 18.3. The largest absolute Gasteiger partial charge is 0.457 e. The molecule has 0 aliphatic carbocycles. The van der Waals surface area contributed by atoms with Gasteiger partial charge in [-0.15, -0.1) is 0 Å². The van der Waals surface area contributed by atoms with E-state index in [9.17, 15) is 114 Å². The van der Waals surface area contributed by atoms with Crippen LogP contribution in [0.5, 0.6) is 11.5 Å². The molecule has 0 aliphatic heterocycles. The lowest BCUT2D eigenvalue weighted by molar-refractivity contribution is -0.144. The Morgan fingerprint density at radius 3 is 0.893 bits per heavy atom. The molecular weight excluding hydrogens is 1210 g/mol. The lowest BCUT2D eigenvalue weighted by Gasteiger charge is -2.46. The van der Waals surface area contributed by atoms with Gasteiger partial charge in [0, 0.05) is 11.1 Å². The van der Waals surface area contributed by atoms with Crippen LogP contribution in [0.3, 0.4) is 0 Å². The van der Waals surface area contributed by atoms with Gasteiger partial charge in [0.05, 0.1) is 44.5 Å². The number of ketones is 1. The average Bonchev–Trinajstić information content (AvgIpc) is 0.738. The molecule has 0 bridgehead atoms. The molecule has 7 rings (SSSR count). The van der Waals surface area contributed by atoms with Crippen LogP contribution in [0.2, 0.25) is 0 Å². The van der Waals surface area contributed by atoms with Crippen molar-refractivity contribution in [3.05, 3.63) is 213 Å². The van der Waals surface area contributed by atoms with Crippen molar-refractivity contribution in [2.75, 3.05) is 12.0 Å². The van der Waals surface area contributed by atoms with Crippen LogP contribution in [0.15, 0.2) is 158 Å². The fourth-order valence-electron chi connectivity index (χ4n) is 8.46. The van der Waals surface area contributed by atoms with Gasteiger partial charge in [0.1, 0.15) is 23.9 Å². The third-order valence-electron chi connectivity index (χ3n) is 12.2. The summed E-state index contributed by atoms with van der Waals surface area (Å²) >= 11 is 0. The highest BCUT2D eigenvalue weighted by Crippen LogP contribution is 2.42. The molecule has 0 spiro atoms. The van der Waals surface area contributed by atoms with E-state index in [1.54, 1.807) is 24.3 Å².